The highest BCUT2D eigenvalue weighted by Crippen LogP contribution is 2.32. The maximum Gasteiger partial charge on any atom is 0.283 e. The fourth-order valence-electron chi connectivity index (χ4n) is 2.07. The molecule has 2 heterocycles. The molecule has 90 valence electrons. The van der Waals surface area contributed by atoms with E-state index in [9.17, 15) is 4.79 Å². The van der Waals surface area contributed by atoms with Crippen LogP contribution in [0.4, 0.5) is 0 Å². The molecule has 0 spiro atoms. The Balaban J connectivity index is 2.56. The van der Waals surface area contributed by atoms with Crippen molar-refractivity contribution in [2.24, 2.45) is 5.73 Å². The second-order valence-corrected chi connectivity index (χ2v) is 5.24. The van der Waals surface area contributed by atoms with Crippen LogP contribution in [0, 0.1) is 0 Å². The summed E-state index contributed by atoms with van der Waals surface area (Å²) in [7, 11) is 0. The number of aromatic amines is 2. The summed E-state index contributed by atoms with van der Waals surface area (Å²) >= 11 is 9.58. The monoisotopic (exact) mass is 324 g/mol. The van der Waals surface area contributed by atoms with Gasteiger partial charge >= 0.3 is 0 Å². The molecule has 6 heteroatoms. The highest BCUT2D eigenvalue weighted by atomic mass is 79.9. The summed E-state index contributed by atoms with van der Waals surface area (Å²) in [6.07, 6.45) is 1.51. The average molecular weight is 326 g/mol. The standard InChI is InChI=1S/C12H7BrClN3O/c13-5-1-2-8-6(3-5)9-10(17-8)7(12(15)18)4-16-11(9)14/h1-4,17H,(H2,15,18)/p+1. The van der Waals surface area contributed by atoms with Gasteiger partial charge in [0.2, 0.25) is 0 Å². The lowest BCUT2D eigenvalue weighted by molar-refractivity contribution is -0.373. The molecule has 4 N–H and O–H groups in total. The van der Waals surface area contributed by atoms with Gasteiger partial charge in [-0.1, -0.05) is 15.9 Å². The molecule has 0 atom stereocenters. The van der Waals surface area contributed by atoms with Crippen LogP contribution in [0.2, 0.25) is 5.15 Å². The maximum absolute atomic E-state index is 11.4. The van der Waals surface area contributed by atoms with Crippen LogP contribution in [-0.4, -0.2) is 10.9 Å². The van der Waals surface area contributed by atoms with Gasteiger partial charge in [-0.2, -0.15) is 4.98 Å². The molecular weight excluding hydrogens is 318 g/mol. The number of nitrogens with two attached hydrogens (primary N) is 1. The number of carbonyl (C=O) groups excluding carboxylic acids is 1. The van der Waals surface area contributed by atoms with E-state index in [1.54, 1.807) is 0 Å². The van der Waals surface area contributed by atoms with Crippen LogP contribution >= 0.6 is 27.5 Å². The first-order chi connectivity index (χ1) is 8.58. The number of halogens is 2. The van der Waals surface area contributed by atoms with Gasteiger partial charge in [-0.15, -0.1) is 0 Å². The van der Waals surface area contributed by atoms with Crippen molar-refractivity contribution in [2.45, 2.75) is 0 Å². The highest BCUT2D eigenvalue weighted by Gasteiger charge is 2.19. The van der Waals surface area contributed by atoms with E-state index in [0.29, 0.717) is 16.2 Å². The number of amides is 1. The van der Waals surface area contributed by atoms with Crippen LogP contribution in [0.25, 0.3) is 21.8 Å². The van der Waals surface area contributed by atoms with Crippen LogP contribution in [-0.2, 0) is 0 Å². The van der Waals surface area contributed by atoms with Crippen molar-refractivity contribution in [3.63, 3.8) is 0 Å². The summed E-state index contributed by atoms with van der Waals surface area (Å²) in [5.74, 6) is -0.501. The summed E-state index contributed by atoms with van der Waals surface area (Å²) in [6.45, 7) is 0. The molecule has 0 aliphatic carbocycles. The second kappa shape index (κ2) is 3.96. The molecule has 0 saturated heterocycles. The number of fused-ring (bicyclic) bond motifs is 3. The van der Waals surface area contributed by atoms with Crippen LogP contribution in [0.5, 0.6) is 0 Å². The van der Waals surface area contributed by atoms with Crippen molar-refractivity contribution in [1.82, 2.24) is 4.98 Å². The Bertz CT molecular complexity index is 797. The fourth-order valence-corrected chi connectivity index (χ4v) is 2.68. The first-order valence-corrected chi connectivity index (χ1v) is 6.36. The zero-order valence-electron chi connectivity index (χ0n) is 9.05. The van der Waals surface area contributed by atoms with E-state index in [1.807, 2.05) is 18.2 Å². The molecule has 0 aliphatic rings. The van der Waals surface area contributed by atoms with E-state index in [0.717, 1.165) is 20.8 Å². The molecule has 4 nitrogen and oxygen atoms in total. The van der Waals surface area contributed by atoms with E-state index in [-0.39, 0.29) is 0 Å². The molecule has 1 aromatic carbocycles. The Morgan fingerprint density at radius 1 is 1.44 bits per heavy atom. The Kier molecular flexibility index (Phi) is 2.53. The van der Waals surface area contributed by atoms with Gasteiger partial charge in [-0.25, -0.2) is 0 Å². The second-order valence-electron chi connectivity index (χ2n) is 3.95. The summed E-state index contributed by atoms with van der Waals surface area (Å²) < 4.78 is 0.941. The van der Waals surface area contributed by atoms with E-state index < -0.39 is 5.91 Å². The van der Waals surface area contributed by atoms with Crippen molar-refractivity contribution in [1.29, 1.82) is 0 Å². The number of hydrogen-bond acceptors (Lipinski definition) is 1. The van der Waals surface area contributed by atoms with E-state index >= 15 is 0 Å². The molecule has 0 aliphatic heterocycles. The number of pyridine rings is 1. The minimum Gasteiger partial charge on any atom is -0.365 e. The van der Waals surface area contributed by atoms with Gasteiger partial charge in [0.05, 0.1) is 10.9 Å². The minimum atomic E-state index is -0.501. The number of rotatable bonds is 1. The smallest absolute Gasteiger partial charge is 0.283 e. The summed E-state index contributed by atoms with van der Waals surface area (Å²) in [6, 6.07) is 5.78. The molecule has 0 saturated carbocycles. The van der Waals surface area contributed by atoms with Gasteiger partial charge < -0.3 is 10.7 Å². The van der Waals surface area contributed by atoms with Crippen molar-refractivity contribution in [3.8, 4) is 0 Å². The number of benzene rings is 1. The minimum absolute atomic E-state index is 0.390. The van der Waals surface area contributed by atoms with Gasteiger partial charge in [0.25, 0.3) is 11.1 Å². The summed E-state index contributed by atoms with van der Waals surface area (Å²) in [5, 5.41) is 2.17. The third-order valence-corrected chi connectivity index (χ3v) is 3.65. The first-order valence-electron chi connectivity index (χ1n) is 5.19. The predicted molar refractivity (Wildman–Crippen MR) is 73.6 cm³/mol. The van der Waals surface area contributed by atoms with E-state index in [4.69, 9.17) is 17.3 Å². The number of hydrogen-bond donors (Lipinski definition) is 2. The van der Waals surface area contributed by atoms with Gasteiger partial charge in [0.15, 0.2) is 6.20 Å². The summed E-state index contributed by atoms with van der Waals surface area (Å²) in [4.78, 5) is 17.4. The lowest BCUT2D eigenvalue weighted by Gasteiger charge is -1.95. The normalized spacial score (nSPS) is 11.2. The topological polar surface area (TPSA) is 73.0 Å². The SMILES string of the molecule is NC(=O)c1c[nH+]c(Cl)c2c1[nH]c1ccc(Br)cc12. The molecule has 18 heavy (non-hydrogen) atoms. The Labute approximate surface area is 115 Å². The third kappa shape index (κ3) is 1.59. The van der Waals surface area contributed by atoms with Crippen molar-refractivity contribution in [2.75, 3.05) is 0 Å². The number of H-pyrrole nitrogens is 2. The zero-order chi connectivity index (χ0) is 12.9. The van der Waals surface area contributed by atoms with E-state index in [2.05, 4.69) is 25.9 Å². The zero-order valence-corrected chi connectivity index (χ0v) is 11.4. The lowest BCUT2D eigenvalue weighted by Crippen LogP contribution is -2.16. The number of primary amides is 1. The van der Waals surface area contributed by atoms with Crippen LogP contribution in [0.1, 0.15) is 10.4 Å². The van der Waals surface area contributed by atoms with Crippen LogP contribution in [0.3, 0.4) is 0 Å². The molecular formula is C12H8BrClN3O+. The number of aromatic nitrogens is 2. The Morgan fingerprint density at radius 2 is 2.22 bits per heavy atom. The van der Waals surface area contributed by atoms with Gasteiger partial charge in [-0.3, -0.25) is 4.79 Å². The molecule has 0 unspecified atom stereocenters. The third-order valence-electron chi connectivity index (χ3n) is 2.86. The molecule has 2 aromatic heterocycles. The first kappa shape index (κ1) is 11.5. The molecule has 0 radical (unpaired) electrons. The van der Waals surface area contributed by atoms with Gasteiger partial charge in [-0.05, 0) is 29.8 Å². The highest BCUT2D eigenvalue weighted by molar-refractivity contribution is 9.10. The predicted octanol–water partition coefficient (Wildman–Crippen LogP) is 2.65. The van der Waals surface area contributed by atoms with Crippen molar-refractivity contribution in [3.05, 3.63) is 39.6 Å². The average Bonchev–Trinajstić information content (AvgIpc) is 2.68. The Hall–Kier alpha value is -1.59. The lowest BCUT2D eigenvalue weighted by atomic mass is 10.1. The largest absolute Gasteiger partial charge is 0.365 e. The molecule has 3 aromatic rings. The maximum atomic E-state index is 11.4. The molecule has 1 amide bonds. The molecule has 0 fully saturated rings. The molecule has 0 bridgehead atoms. The molecule has 3 rings (SSSR count). The number of carbonyl (C=O) groups is 1. The fraction of sp³-hybridized carbons (Fsp3) is 0. The summed E-state index contributed by atoms with van der Waals surface area (Å²) in [5.41, 5.74) is 7.29. The quantitative estimate of drug-likeness (QED) is 0.663. The Morgan fingerprint density at radius 3 is 2.94 bits per heavy atom. The van der Waals surface area contributed by atoms with E-state index in [1.165, 1.54) is 6.20 Å². The van der Waals surface area contributed by atoms with Gasteiger partial charge in [0.1, 0.15) is 5.56 Å². The van der Waals surface area contributed by atoms with Crippen LogP contribution < -0.4 is 10.7 Å². The van der Waals surface area contributed by atoms with Crippen LogP contribution in [0.15, 0.2) is 28.9 Å². The van der Waals surface area contributed by atoms with Gasteiger partial charge in [0, 0.05) is 15.4 Å². The van der Waals surface area contributed by atoms with Crippen molar-refractivity contribution >= 4 is 55.2 Å². The number of nitrogens with one attached hydrogen (secondary N) is 2. The van der Waals surface area contributed by atoms with Crippen molar-refractivity contribution < 1.29 is 9.78 Å².